The minimum atomic E-state index is -0.362. The van der Waals surface area contributed by atoms with Crippen molar-refractivity contribution in [1.29, 1.82) is 0 Å². The van der Waals surface area contributed by atoms with Crippen molar-refractivity contribution in [3.05, 3.63) is 72.4 Å². The van der Waals surface area contributed by atoms with Crippen LogP contribution in [0.25, 0.3) is 10.2 Å². The number of rotatable bonds is 4. The first-order chi connectivity index (χ1) is 12.7. The molecule has 2 amide bonds. The van der Waals surface area contributed by atoms with Crippen LogP contribution in [0.3, 0.4) is 0 Å². The molecule has 4 aromatic rings. The van der Waals surface area contributed by atoms with Crippen LogP contribution in [0.4, 0.5) is 10.8 Å². The van der Waals surface area contributed by atoms with Gasteiger partial charge in [0.15, 0.2) is 10.9 Å². The third-order valence-electron chi connectivity index (χ3n) is 3.54. The van der Waals surface area contributed by atoms with Crippen LogP contribution < -0.4 is 10.6 Å². The summed E-state index contributed by atoms with van der Waals surface area (Å²) in [7, 11) is 0. The van der Waals surface area contributed by atoms with Crippen molar-refractivity contribution in [3.63, 3.8) is 0 Å². The summed E-state index contributed by atoms with van der Waals surface area (Å²) in [6.07, 6.45) is 4.55. The van der Waals surface area contributed by atoms with Crippen molar-refractivity contribution in [2.75, 3.05) is 10.6 Å². The molecule has 0 aliphatic heterocycles. The summed E-state index contributed by atoms with van der Waals surface area (Å²) in [5, 5.41) is 5.98. The fraction of sp³-hybridized carbons (Fsp3) is 0. The van der Waals surface area contributed by atoms with Gasteiger partial charge in [0.1, 0.15) is 0 Å². The minimum Gasteiger partial charge on any atom is -0.459 e. The number of nitrogens with zero attached hydrogens (tertiary/aromatic N) is 2. The maximum atomic E-state index is 12.2. The molecule has 0 radical (unpaired) electrons. The number of nitrogens with one attached hydrogen (secondary N) is 2. The predicted molar refractivity (Wildman–Crippen MR) is 98.5 cm³/mol. The lowest BCUT2D eigenvalue weighted by Gasteiger charge is -2.04. The molecule has 0 saturated heterocycles. The third kappa shape index (κ3) is 3.31. The quantitative estimate of drug-likeness (QED) is 0.574. The molecule has 0 aliphatic rings. The summed E-state index contributed by atoms with van der Waals surface area (Å²) in [6.45, 7) is 0. The van der Waals surface area contributed by atoms with Crippen molar-refractivity contribution in [2.24, 2.45) is 0 Å². The number of anilines is 2. The van der Waals surface area contributed by atoms with E-state index in [9.17, 15) is 9.59 Å². The van der Waals surface area contributed by atoms with E-state index in [0.29, 0.717) is 16.4 Å². The standard InChI is InChI=1S/C18H12N4O3S/c23-16(11-3-1-7-19-10-11)20-12-5-6-13-15(9-12)26-18(21-13)22-17(24)14-4-2-8-25-14/h1-10H,(H,20,23)(H,21,22,24). The molecule has 0 atom stereocenters. The van der Waals surface area contributed by atoms with Gasteiger partial charge in [-0.3, -0.25) is 19.9 Å². The molecule has 3 aromatic heterocycles. The first kappa shape index (κ1) is 16.0. The smallest absolute Gasteiger partial charge is 0.293 e. The molecule has 128 valence electrons. The zero-order valence-corrected chi connectivity index (χ0v) is 14.1. The second kappa shape index (κ2) is 6.77. The zero-order chi connectivity index (χ0) is 17.9. The molecule has 0 aliphatic carbocycles. The number of carbonyl (C=O) groups excluding carboxylic acids is 2. The molecule has 0 saturated carbocycles. The van der Waals surface area contributed by atoms with Gasteiger partial charge in [0.2, 0.25) is 0 Å². The van der Waals surface area contributed by atoms with Gasteiger partial charge in [-0.25, -0.2) is 4.98 Å². The molecule has 1 aromatic carbocycles. The van der Waals surface area contributed by atoms with E-state index in [2.05, 4.69) is 20.6 Å². The van der Waals surface area contributed by atoms with Crippen LogP contribution in [-0.4, -0.2) is 21.8 Å². The maximum Gasteiger partial charge on any atom is 0.293 e. The Morgan fingerprint density at radius 2 is 1.96 bits per heavy atom. The molecular weight excluding hydrogens is 352 g/mol. The average molecular weight is 364 g/mol. The van der Waals surface area contributed by atoms with Gasteiger partial charge in [0.05, 0.1) is 22.0 Å². The third-order valence-corrected chi connectivity index (χ3v) is 4.47. The van der Waals surface area contributed by atoms with E-state index in [1.165, 1.54) is 23.8 Å². The molecule has 26 heavy (non-hydrogen) atoms. The maximum absolute atomic E-state index is 12.2. The second-order valence-electron chi connectivity index (χ2n) is 5.33. The van der Waals surface area contributed by atoms with E-state index in [-0.39, 0.29) is 17.6 Å². The van der Waals surface area contributed by atoms with E-state index in [4.69, 9.17) is 4.42 Å². The summed E-state index contributed by atoms with van der Waals surface area (Å²) in [5.74, 6) is -0.388. The fourth-order valence-corrected chi connectivity index (χ4v) is 3.22. The first-order valence-corrected chi connectivity index (χ1v) is 8.47. The molecule has 8 heteroatoms. The van der Waals surface area contributed by atoms with Gasteiger partial charge in [-0.15, -0.1) is 0 Å². The summed E-state index contributed by atoms with van der Waals surface area (Å²) >= 11 is 1.31. The number of furan rings is 1. The van der Waals surface area contributed by atoms with Crippen LogP contribution in [0.2, 0.25) is 0 Å². The van der Waals surface area contributed by atoms with Gasteiger partial charge < -0.3 is 9.73 Å². The normalized spacial score (nSPS) is 10.6. The number of hydrogen-bond acceptors (Lipinski definition) is 6. The van der Waals surface area contributed by atoms with Gasteiger partial charge in [0, 0.05) is 18.1 Å². The van der Waals surface area contributed by atoms with Crippen LogP contribution in [0.15, 0.2) is 65.5 Å². The van der Waals surface area contributed by atoms with Crippen LogP contribution in [0, 0.1) is 0 Å². The van der Waals surface area contributed by atoms with Crippen molar-refractivity contribution in [3.8, 4) is 0 Å². The molecule has 0 unspecified atom stereocenters. The Bertz CT molecular complexity index is 1070. The van der Waals surface area contributed by atoms with Crippen molar-refractivity contribution in [1.82, 2.24) is 9.97 Å². The van der Waals surface area contributed by atoms with Crippen molar-refractivity contribution < 1.29 is 14.0 Å². The van der Waals surface area contributed by atoms with Crippen LogP contribution in [0.1, 0.15) is 20.9 Å². The molecule has 0 spiro atoms. The molecule has 3 heterocycles. The lowest BCUT2D eigenvalue weighted by molar-refractivity contribution is 0.0994. The SMILES string of the molecule is O=C(Nc1ccc2nc(NC(=O)c3ccco3)sc2c1)c1cccnc1. The fourth-order valence-electron chi connectivity index (χ4n) is 2.32. The van der Waals surface area contributed by atoms with E-state index in [1.54, 1.807) is 42.6 Å². The number of aromatic nitrogens is 2. The highest BCUT2D eigenvalue weighted by molar-refractivity contribution is 7.22. The number of thiazole rings is 1. The summed E-state index contributed by atoms with van der Waals surface area (Å²) in [6, 6.07) is 12.0. The number of benzene rings is 1. The Kier molecular flexibility index (Phi) is 4.16. The monoisotopic (exact) mass is 364 g/mol. The first-order valence-electron chi connectivity index (χ1n) is 7.66. The average Bonchev–Trinajstić information content (AvgIpc) is 3.31. The van der Waals surface area contributed by atoms with Gasteiger partial charge in [-0.2, -0.15) is 0 Å². The minimum absolute atomic E-state index is 0.216. The number of amides is 2. The van der Waals surface area contributed by atoms with Gasteiger partial charge in [-0.1, -0.05) is 11.3 Å². The molecule has 0 fully saturated rings. The van der Waals surface area contributed by atoms with E-state index in [0.717, 1.165) is 10.2 Å². The molecular formula is C18H12N4O3S. The summed E-state index contributed by atoms with van der Waals surface area (Å²) in [5.41, 5.74) is 1.84. The van der Waals surface area contributed by atoms with Gasteiger partial charge in [-0.05, 0) is 42.5 Å². The lowest BCUT2D eigenvalue weighted by atomic mass is 10.2. The van der Waals surface area contributed by atoms with Crippen LogP contribution in [-0.2, 0) is 0 Å². The number of hydrogen-bond donors (Lipinski definition) is 2. The molecule has 4 rings (SSSR count). The highest BCUT2D eigenvalue weighted by Crippen LogP contribution is 2.29. The highest BCUT2D eigenvalue weighted by atomic mass is 32.1. The van der Waals surface area contributed by atoms with Crippen LogP contribution >= 0.6 is 11.3 Å². The lowest BCUT2D eigenvalue weighted by Crippen LogP contribution is -2.11. The Balaban J connectivity index is 1.52. The number of fused-ring (bicyclic) bond motifs is 1. The largest absolute Gasteiger partial charge is 0.459 e. The van der Waals surface area contributed by atoms with Crippen molar-refractivity contribution >= 4 is 44.2 Å². The van der Waals surface area contributed by atoms with Gasteiger partial charge >= 0.3 is 0 Å². The van der Waals surface area contributed by atoms with E-state index in [1.807, 2.05) is 6.07 Å². The summed E-state index contributed by atoms with van der Waals surface area (Å²) < 4.78 is 5.90. The highest BCUT2D eigenvalue weighted by Gasteiger charge is 2.13. The number of carbonyl (C=O) groups is 2. The Labute approximate surface area is 151 Å². The van der Waals surface area contributed by atoms with Gasteiger partial charge in [0.25, 0.3) is 11.8 Å². The van der Waals surface area contributed by atoms with Crippen LogP contribution in [0.5, 0.6) is 0 Å². The topological polar surface area (TPSA) is 97.1 Å². The Hall–Kier alpha value is -3.52. The second-order valence-corrected chi connectivity index (χ2v) is 6.36. The molecule has 2 N–H and O–H groups in total. The molecule has 7 nitrogen and oxygen atoms in total. The van der Waals surface area contributed by atoms with E-state index < -0.39 is 0 Å². The molecule has 0 bridgehead atoms. The zero-order valence-electron chi connectivity index (χ0n) is 13.3. The number of pyridine rings is 1. The van der Waals surface area contributed by atoms with E-state index >= 15 is 0 Å². The predicted octanol–water partition coefficient (Wildman–Crippen LogP) is 3.79. The summed E-state index contributed by atoms with van der Waals surface area (Å²) in [4.78, 5) is 32.5. The Morgan fingerprint density at radius 1 is 1.04 bits per heavy atom. The van der Waals surface area contributed by atoms with Crippen molar-refractivity contribution in [2.45, 2.75) is 0 Å². The Morgan fingerprint density at radius 3 is 2.73 bits per heavy atom.